The highest BCUT2D eigenvalue weighted by Gasteiger charge is 2.21. The first kappa shape index (κ1) is 15.9. The second-order valence-corrected chi connectivity index (χ2v) is 6.86. The first-order valence-electron chi connectivity index (χ1n) is 6.56. The van der Waals surface area contributed by atoms with E-state index in [1.807, 2.05) is 39.0 Å². The second-order valence-electron chi connectivity index (χ2n) is 5.15. The molecule has 106 valence electrons. The van der Waals surface area contributed by atoms with Gasteiger partial charge < -0.3 is 0 Å². The van der Waals surface area contributed by atoms with Crippen LogP contribution in [0.15, 0.2) is 41.8 Å². The maximum atomic E-state index is 12.3. The highest BCUT2D eigenvalue weighted by Crippen LogP contribution is 2.15. The number of benzene rings is 1. The Morgan fingerprint density at radius 1 is 1.26 bits per heavy atom. The number of sulfonamides is 1. The average molecular weight is 281 g/mol. The van der Waals surface area contributed by atoms with Gasteiger partial charge >= 0.3 is 0 Å². The predicted molar refractivity (Wildman–Crippen MR) is 79.6 cm³/mol. The molecule has 0 aliphatic rings. The summed E-state index contributed by atoms with van der Waals surface area (Å²) < 4.78 is 27.4. The standard InChI is InChI=1S/C15H23NO2S/c1-5-6-7-15(12(2)3)16-19(17,18)14-10-8-13(4)9-11-14/h5,8-12,15-16H,1,6-7H2,2-4H3/t15-/m1/s1. The third kappa shape index (κ3) is 4.80. The molecule has 0 aliphatic carbocycles. The Morgan fingerprint density at radius 2 is 1.84 bits per heavy atom. The van der Waals surface area contributed by atoms with Crippen molar-refractivity contribution in [1.29, 1.82) is 0 Å². The fraction of sp³-hybridized carbons (Fsp3) is 0.467. The Morgan fingerprint density at radius 3 is 2.32 bits per heavy atom. The number of nitrogens with one attached hydrogen (secondary N) is 1. The molecule has 0 heterocycles. The van der Waals surface area contributed by atoms with Crippen molar-refractivity contribution < 1.29 is 8.42 Å². The minimum Gasteiger partial charge on any atom is -0.208 e. The third-order valence-corrected chi connectivity index (χ3v) is 4.63. The third-order valence-electron chi connectivity index (χ3n) is 3.12. The molecule has 0 amide bonds. The molecular formula is C15H23NO2S. The zero-order valence-corrected chi connectivity index (χ0v) is 12.7. The van der Waals surface area contributed by atoms with Crippen LogP contribution in [0.3, 0.4) is 0 Å². The van der Waals surface area contributed by atoms with E-state index in [1.54, 1.807) is 12.1 Å². The number of hydrogen-bond donors (Lipinski definition) is 1. The summed E-state index contributed by atoms with van der Waals surface area (Å²) in [4.78, 5) is 0.322. The van der Waals surface area contributed by atoms with Crippen molar-refractivity contribution in [2.75, 3.05) is 0 Å². The maximum absolute atomic E-state index is 12.3. The van der Waals surface area contributed by atoms with Crippen LogP contribution in [0.2, 0.25) is 0 Å². The molecule has 0 unspecified atom stereocenters. The molecule has 0 spiro atoms. The van der Waals surface area contributed by atoms with Gasteiger partial charge in [-0.1, -0.05) is 37.6 Å². The number of rotatable bonds is 7. The van der Waals surface area contributed by atoms with Crippen molar-refractivity contribution in [3.8, 4) is 0 Å². The summed E-state index contributed by atoms with van der Waals surface area (Å²) in [6.07, 6.45) is 3.39. The van der Waals surface area contributed by atoms with E-state index in [0.717, 1.165) is 18.4 Å². The van der Waals surface area contributed by atoms with Crippen molar-refractivity contribution in [3.63, 3.8) is 0 Å². The summed E-state index contributed by atoms with van der Waals surface area (Å²) in [6.45, 7) is 9.65. The van der Waals surface area contributed by atoms with Gasteiger partial charge in [0.2, 0.25) is 10.0 Å². The Kier molecular flexibility index (Phi) is 5.76. The molecule has 3 nitrogen and oxygen atoms in total. The molecule has 1 atom stereocenters. The van der Waals surface area contributed by atoms with Crippen LogP contribution in [0.4, 0.5) is 0 Å². The van der Waals surface area contributed by atoms with Crippen molar-refractivity contribution in [3.05, 3.63) is 42.5 Å². The van der Waals surface area contributed by atoms with Gasteiger partial charge in [-0.05, 0) is 37.8 Å². The molecule has 4 heteroatoms. The maximum Gasteiger partial charge on any atom is 0.240 e. The van der Waals surface area contributed by atoms with Crippen LogP contribution in [0.1, 0.15) is 32.3 Å². The summed E-state index contributed by atoms with van der Waals surface area (Å²) in [7, 11) is -3.44. The molecule has 0 aliphatic heterocycles. The van der Waals surface area contributed by atoms with Crippen molar-refractivity contribution >= 4 is 10.0 Å². The molecule has 1 aromatic rings. The lowest BCUT2D eigenvalue weighted by Crippen LogP contribution is -2.38. The fourth-order valence-electron chi connectivity index (χ4n) is 1.81. The van der Waals surface area contributed by atoms with Crippen molar-refractivity contribution in [2.24, 2.45) is 5.92 Å². The van der Waals surface area contributed by atoms with Crippen LogP contribution in [-0.4, -0.2) is 14.5 Å². The molecule has 0 saturated carbocycles. The van der Waals surface area contributed by atoms with Crippen molar-refractivity contribution in [2.45, 2.75) is 44.6 Å². The molecule has 1 N–H and O–H groups in total. The Bertz CT molecular complexity index is 503. The van der Waals surface area contributed by atoms with Crippen LogP contribution in [-0.2, 0) is 10.0 Å². The zero-order valence-electron chi connectivity index (χ0n) is 11.9. The lowest BCUT2D eigenvalue weighted by atomic mass is 10.0. The van der Waals surface area contributed by atoms with Crippen molar-refractivity contribution in [1.82, 2.24) is 4.72 Å². The smallest absolute Gasteiger partial charge is 0.208 e. The van der Waals surface area contributed by atoms with Gasteiger partial charge in [-0.2, -0.15) is 0 Å². The minimum absolute atomic E-state index is 0.0655. The van der Waals surface area contributed by atoms with Crippen LogP contribution in [0.25, 0.3) is 0 Å². The monoisotopic (exact) mass is 281 g/mol. The topological polar surface area (TPSA) is 46.2 Å². The van der Waals surface area contributed by atoms with E-state index >= 15 is 0 Å². The van der Waals surface area contributed by atoms with E-state index in [2.05, 4.69) is 11.3 Å². The van der Waals surface area contributed by atoms with E-state index < -0.39 is 10.0 Å². The first-order valence-corrected chi connectivity index (χ1v) is 8.05. The summed E-state index contributed by atoms with van der Waals surface area (Å²) in [5, 5.41) is 0. The molecular weight excluding hydrogens is 258 g/mol. The zero-order chi connectivity index (χ0) is 14.5. The number of aryl methyl sites for hydroxylation is 1. The predicted octanol–water partition coefficient (Wildman–Crippen LogP) is 3.26. The van der Waals surface area contributed by atoms with E-state index in [-0.39, 0.29) is 12.0 Å². The number of hydrogen-bond acceptors (Lipinski definition) is 2. The Balaban J connectivity index is 2.87. The van der Waals surface area contributed by atoms with E-state index in [1.165, 1.54) is 0 Å². The fourth-order valence-corrected chi connectivity index (χ4v) is 3.23. The average Bonchev–Trinajstić information content (AvgIpc) is 2.34. The highest BCUT2D eigenvalue weighted by molar-refractivity contribution is 7.89. The van der Waals surface area contributed by atoms with Gasteiger partial charge in [0, 0.05) is 6.04 Å². The van der Waals surface area contributed by atoms with Gasteiger partial charge in [-0.3, -0.25) is 0 Å². The Hall–Kier alpha value is -1.13. The minimum atomic E-state index is -3.44. The van der Waals surface area contributed by atoms with Crippen LogP contribution < -0.4 is 4.72 Å². The Labute approximate surface area is 116 Å². The molecule has 1 aromatic carbocycles. The van der Waals surface area contributed by atoms with Gasteiger partial charge in [0.25, 0.3) is 0 Å². The normalized spacial score (nSPS) is 13.5. The van der Waals surface area contributed by atoms with Gasteiger partial charge in [-0.15, -0.1) is 6.58 Å². The summed E-state index contributed by atoms with van der Waals surface area (Å²) in [5.74, 6) is 0.250. The first-order chi connectivity index (χ1) is 8.86. The molecule has 0 saturated heterocycles. The molecule has 0 bridgehead atoms. The van der Waals surface area contributed by atoms with Gasteiger partial charge in [0.1, 0.15) is 0 Å². The van der Waals surface area contributed by atoms with Crippen LogP contribution in [0, 0.1) is 12.8 Å². The van der Waals surface area contributed by atoms with E-state index in [9.17, 15) is 8.42 Å². The second kappa shape index (κ2) is 6.87. The molecule has 19 heavy (non-hydrogen) atoms. The summed E-state index contributed by atoms with van der Waals surface area (Å²) in [5.41, 5.74) is 1.05. The van der Waals surface area contributed by atoms with E-state index in [4.69, 9.17) is 0 Å². The van der Waals surface area contributed by atoms with E-state index in [0.29, 0.717) is 4.90 Å². The molecule has 0 radical (unpaired) electrons. The highest BCUT2D eigenvalue weighted by atomic mass is 32.2. The summed E-state index contributed by atoms with van der Waals surface area (Å²) >= 11 is 0. The molecule has 1 rings (SSSR count). The van der Waals surface area contributed by atoms with Crippen LogP contribution >= 0.6 is 0 Å². The lowest BCUT2D eigenvalue weighted by Gasteiger charge is -2.21. The molecule has 0 fully saturated rings. The van der Waals surface area contributed by atoms with Crippen LogP contribution in [0.5, 0.6) is 0 Å². The largest absolute Gasteiger partial charge is 0.240 e. The summed E-state index contributed by atoms with van der Waals surface area (Å²) in [6, 6.07) is 6.83. The van der Waals surface area contributed by atoms with Gasteiger partial charge in [0.05, 0.1) is 4.90 Å². The lowest BCUT2D eigenvalue weighted by molar-refractivity contribution is 0.426. The number of allylic oxidation sites excluding steroid dienone is 1. The van der Waals surface area contributed by atoms with Gasteiger partial charge in [-0.25, -0.2) is 13.1 Å². The molecule has 0 aromatic heterocycles. The SMILES string of the molecule is C=CCC[C@@H](NS(=O)(=O)c1ccc(C)cc1)C(C)C. The quantitative estimate of drug-likeness (QED) is 0.780. The van der Waals surface area contributed by atoms with Gasteiger partial charge in [0.15, 0.2) is 0 Å².